The Morgan fingerprint density at radius 1 is 1.56 bits per heavy atom. The van der Waals surface area contributed by atoms with Gasteiger partial charge in [-0.15, -0.1) is 6.58 Å². The first kappa shape index (κ1) is 14.5. The maximum Gasteiger partial charge on any atom is 0.326 e. The van der Waals surface area contributed by atoms with E-state index in [2.05, 4.69) is 17.2 Å². The van der Waals surface area contributed by atoms with Crippen LogP contribution in [0.2, 0.25) is 0 Å². The molecule has 0 saturated carbocycles. The highest BCUT2D eigenvalue weighted by atomic mass is 16.5. The van der Waals surface area contributed by atoms with Gasteiger partial charge in [0.1, 0.15) is 6.04 Å². The molecule has 1 aliphatic heterocycles. The van der Waals surface area contributed by atoms with Gasteiger partial charge >= 0.3 is 12.0 Å². The summed E-state index contributed by atoms with van der Waals surface area (Å²) < 4.78 is 5.41. The Morgan fingerprint density at radius 3 is 2.89 bits per heavy atom. The molecule has 0 aliphatic carbocycles. The van der Waals surface area contributed by atoms with Crippen molar-refractivity contribution in [1.29, 1.82) is 0 Å². The minimum atomic E-state index is -1.07. The number of carboxylic acid groups (broad SMARTS) is 1. The summed E-state index contributed by atoms with van der Waals surface area (Å²) in [5, 5.41) is 13.8. The van der Waals surface area contributed by atoms with Gasteiger partial charge in [-0.1, -0.05) is 6.08 Å². The Balaban J connectivity index is 2.18. The van der Waals surface area contributed by atoms with Crippen molar-refractivity contribution in [3.63, 3.8) is 0 Å². The molecule has 2 unspecified atom stereocenters. The molecule has 1 aliphatic rings. The molecule has 0 aromatic heterocycles. The van der Waals surface area contributed by atoms with E-state index in [1.54, 1.807) is 0 Å². The molecule has 0 aromatic rings. The molecule has 1 heterocycles. The third-order valence-corrected chi connectivity index (χ3v) is 2.78. The van der Waals surface area contributed by atoms with Crippen molar-refractivity contribution in [3.8, 4) is 0 Å². The number of carbonyl (C=O) groups excluding carboxylic acids is 1. The first-order valence-electron chi connectivity index (χ1n) is 6.13. The van der Waals surface area contributed by atoms with Crippen molar-refractivity contribution < 1.29 is 19.4 Å². The molecule has 2 atom stereocenters. The van der Waals surface area contributed by atoms with E-state index in [0.29, 0.717) is 6.54 Å². The van der Waals surface area contributed by atoms with Gasteiger partial charge in [0, 0.05) is 13.2 Å². The van der Waals surface area contributed by atoms with E-state index in [4.69, 9.17) is 9.84 Å². The van der Waals surface area contributed by atoms with Gasteiger partial charge in [-0.05, 0) is 25.7 Å². The summed E-state index contributed by atoms with van der Waals surface area (Å²) >= 11 is 0. The summed E-state index contributed by atoms with van der Waals surface area (Å²) in [4.78, 5) is 22.2. The van der Waals surface area contributed by atoms with E-state index in [1.165, 1.54) is 6.08 Å². The molecule has 102 valence electrons. The molecule has 6 nitrogen and oxygen atoms in total. The minimum Gasteiger partial charge on any atom is -0.480 e. The fraction of sp³-hybridized carbons (Fsp3) is 0.667. The van der Waals surface area contributed by atoms with Crippen LogP contribution >= 0.6 is 0 Å². The summed E-state index contributed by atoms with van der Waals surface area (Å²) in [5.41, 5.74) is 0. The lowest BCUT2D eigenvalue weighted by atomic mass is 10.2. The van der Waals surface area contributed by atoms with E-state index in [9.17, 15) is 9.59 Å². The van der Waals surface area contributed by atoms with Gasteiger partial charge < -0.3 is 20.5 Å². The second-order valence-electron chi connectivity index (χ2n) is 4.24. The molecule has 0 spiro atoms. The number of rotatable bonds is 7. The third-order valence-electron chi connectivity index (χ3n) is 2.78. The molecule has 0 radical (unpaired) electrons. The van der Waals surface area contributed by atoms with E-state index < -0.39 is 18.0 Å². The SMILES string of the molecule is C=CCC(NC(=O)NCCC1CCCO1)C(=O)O. The maximum atomic E-state index is 11.4. The predicted molar refractivity (Wildman–Crippen MR) is 66.4 cm³/mol. The molecule has 1 fully saturated rings. The average Bonchev–Trinajstić information content (AvgIpc) is 2.81. The number of nitrogens with one attached hydrogen (secondary N) is 2. The largest absolute Gasteiger partial charge is 0.480 e. The van der Waals surface area contributed by atoms with Crippen LogP contribution in [0.25, 0.3) is 0 Å². The Bertz CT molecular complexity index is 300. The number of carboxylic acids is 1. The number of urea groups is 1. The van der Waals surface area contributed by atoms with Crippen LogP contribution in [0.5, 0.6) is 0 Å². The summed E-state index contributed by atoms with van der Waals surface area (Å²) in [6.45, 7) is 4.73. The first-order valence-corrected chi connectivity index (χ1v) is 6.13. The number of hydrogen-bond acceptors (Lipinski definition) is 3. The molecule has 1 saturated heterocycles. The van der Waals surface area contributed by atoms with Gasteiger partial charge in [0.2, 0.25) is 0 Å². The van der Waals surface area contributed by atoms with Crippen LogP contribution in [0.15, 0.2) is 12.7 Å². The molecule has 2 amide bonds. The van der Waals surface area contributed by atoms with Crippen molar-refractivity contribution in [2.75, 3.05) is 13.2 Å². The average molecular weight is 256 g/mol. The lowest BCUT2D eigenvalue weighted by Gasteiger charge is -2.14. The standard InChI is InChI=1S/C12H20N2O4/c1-2-4-10(11(15)16)14-12(17)13-7-6-9-5-3-8-18-9/h2,9-10H,1,3-8H2,(H,15,16)(H2,13,14,17). The summed E-state index contributed by atoms with van der Waals surface area (Å²) in [6, 6.07) is -1.40. The van der Waals surface area contributed by atoms with Crippen molar-refractivity contribution in [1.82, 2.24) is 10.6 Å². The van der Waals surface area contributed by atoms with Crippen molar-refractivity contribution in [3.05, 3.63) is 12.7 Å². The zero-order valence-corrected chi connectivity index (χ0v) is 10.4. The number of ether oxygens (including phenoxy) is 1. The Hall–Kier alpha value is -1.56. The van der Waals surface area contributed by atoms with Crippen LogP contribution in [0.3, 0.4) is 0 Å². The molecule has 3 N–H and O–H groups in total. The molecular weight excluding hydrogens is 236 g/mol. The van der Waals surface area contributed by atoms with Crippen LogP contribution in [0, 0.1) is 0 Å². The molecule has 6 heteroatoms. The molecule has 1 rings (SSSR count). The Kier molecular flexibility index (Phi) is 6.21. The van der Waals surface area contributed by atoms with Gasteiger partial charge in [-0.3, -0.25) is 0 Å². The van der Waals surface area contributed by atoms with Crippen molar-refractivity contribution >= 4 is 12.0 Å². The van der Waals surface area contributed by atoms with Crippen LogP contribution in [-0.2, 0) is 9.53 Å². The smallest absolute Gasteiger partial charge is 0.326 e. The highest BCUT2D eigenvalue weighted by molar-refractivity contribution is 5.82. The molecular formula is C12H20N2O4. The zero-order valence-electron chi connectivity index (χ0n) is 10.4. The Morgan fingerprint density at radius 2 is 2.33 bits per heavy atom. The quantitative estimate of drug-likeness (QED) is 0.590. The van der Waals surface area contributed by atoms with Gasteiger partial charge in [-0.25, -0.2) is 9.59 Å². The van der Waals surface area contributed by atoms with Crippen LogP contribution in [0.1, 0.15) is 25.7 Å². The first-order chi connectivity index (χ1) is 8.63. The number of amides is 2. The number of carbonyl (C=O) groups is 2. The molecule has 18 heavy (non-hydrogen) atoms. The van der Waals surface area contributed by atoms with Gasteiger partial charge in [-0.2, -0.15) is 0 Å². The van der Waals surface area contributed by atoms with Crippen LogP contribution < -0.4 is 10.6 Å². The fourth-order valence-corrected chi connectivity index (χ4v) is 1.82. The normalized spacial score (nSPS) is 20.1. The summed E-state index contributed by atoms with van der Waals surface area (Å²) in [7, 11) is 0. The highest BCUT2D eigenvalue weighted by Crippen LogP contribution is 2.14. The van der Waals surface area contributed by atoms with Gasteiger partial charge in [0.25, 0.3) is 0 Å². The second kappa shape index (κ2) is 7.71. The third kappa shape index (κ3) is 5.18. The fourth-order valence-electron chi connectivity index (χ4n) is 1.82. The highest BCUT2D eigenvalue weighted by Gasteiger charge is 2.19. The second-order valence-corrected chi connectivity index (χ2v) is 4.24. The minimum absolute atomic E-state index is 0.203. The number of aliphatic carboxylic acids is 1. The maximum absolute atomic E-state index is 11.4. The van der Waals surface area contributed by atoms with Gasteiger partial charge in [0.05, 0.1) is 6.10 Å². The number of hydrogen-bond donors (Lipinski definition) is 3. The van der Waals surface area contributed by atoms with Crippen molar-refractivity contribution in [2.45, 2.75) is 37.8 Å². The zero-order chi connectivity index (χ0) is 13.4. The van der Waals surface area contributed by atoms with Crippen LogP contribution in [-0.4, -0.2) is 42.4 Å². The molecule has 0 bridgehead atoms. The van der Waals surface area contributed by atoms with Crippen LogP contribution in [0.4, 0.5) is 4.79 Å². The van der Waals surface area contributed by atoms with E-state index in [1.807, 2.05) is 0 Å². The van der Waals surface area contributed by atoms with Crippen molar-refractivity contribution in [2.24, 2.45) is 0 Å². The monoisotopic (exact) mass is 256 g/mol. The summed E-state index contributed by atoms with van der Waals surface area (Å²) in [6.07, 6.45) is 4.73. The Labute approximate surface area is 106 Å². The lowest BCUT2D eigenvalue weighted by molar-refractivity contribution is -0.139. The predicted octanol–water partition coefficient (Wildman–Crippen LogP) is 0.884. The van der Waals surface area contributed by atoms with E-state index in [-0.39, 0.29) is 12.5 Å². The lowest BCUT2D eigenvalue weighted by Crippen LogP contribution is -2.46. The van der Waals surface area contributed by atoms with E-state index >= 15 is 0 Å². The van der Waals surface area contributed by atoms with E-state index in [0.717, 1.165) is 25.9 Å². The topological polar surface area (TPSA) is 87.7 Å². The molecule has 0 aromatic carbocycles. The summed E-state index contributed by atoms with van der Waals surface area (Å²) in [5.74, 6) is -1.07. The van der Waals surface area contributed by atoms with Gasteiger partial charge in [0.15, 0.2) is 0 Å².